The van der Waals surface area contributed by atoms with Gasteiger partial charge in [0.15, 0.2) is 0 Å². The number of carbonyl (C=O) groups is 1. The molecule has 1 unspecified atom stereocenters. The van der Waals surface area contributed by atoms with Gasteiger partial charge in [-0.3, -0.25) is 4.79 Å². The molecule has 0 fully saturated rings. The van der Waals surface area contributed by atoms with E-state index in [0.29, 0.717) is 6.42 Å². The summed E-state index contributed by atoms with van der Waals surface area (Å²) in [6.07, 6.45) is 3.71. The SMILES string of the molecule is CC(C)(C)C(N)CC(=O)Nc1ccc(-c2cnc[nH]2)cc1. The topological polar surface area (TPSA) is 83.8 Å². The molecule has 21 heavy (non-hydrogen) atoms. The molecule has 0 spiro atoms. The monoisotopic (exact) mass is 286 g/mol. The zero-order valence-electron chi connectivity index (χ0n) is 12.7. The number of aromatic nitrogens is 2. The molecule has 2 aromatic rings. The Hall–Kier alpha value is -2.14. The summed E-state index contributed by atoms with van der Waals surface area (Å²) in [6.45, 7) is 6.10. The van der Waals surface area contributed by atoms with E-state index in [1.165, 1.54) is 0 Å². The Morgan fingerprint density at radius 1 is 1.33 bits per heavy atom. The molecule has 0 aliphatic carbocycles. The Labute approximate surface area is 125 Å². The molecule has 1 atom stereocenters. The molecule has 4 N–H and O–H groups in total. The molecule has 2 rings (SSSR count). The third kappa shape index (κ3) is 4.16. The van der Waals surface area contributed by atoms with Crippen LogP contribution in [0, 0.1) is 5.41 Å². The maximum absolute atomic E-state index is 12.0. The van der Waals surface area contributed by atoms with Crippen LogP contribution in [0.2, 0.25) is 0 Å². The van der Waals surface area contributed by atoms with E-state index in [-0.39, 0.29) is 17.4 Å². The molecule has 0 bridgehead atoms. The molecule has 1 heterocycles. The molecule has 1 aromatic carbocycles. The summed E-state index contributed by atoms with van der Waals surface area (Å²) in [4.78, 5) is 19.0. The van der Waals surface area contributed by atoms with Gasteiger partial charge in [-0.2, -0.15) is 0 Å². The van der Waals surface area contributed by atoms with Gasteiger partial charge in [-0.25, -0.2) is 4.98 Å². The highest BCUT2D eigenvalue weighted by Gasteiger charge is 2.23. The molecule has 5 heteroatoms. The first-order valence-electron chi connectivity index (χ1n) is 7.00. The third-order valence-electron chi connectivity index (χ3n) is 3.50. The molecule has 1 amide bonds. The minimum Gasteiger partial charge on any atom is -0.345 e. The number of carbonyl (C=O) groups excluding carboxylic acids is 1. The second-order valence-electron chi connectivity index (χ2n) is 6.27. The molecule has 0 radical (unpaired) electrons. The summed E-state index contributed by atoms with van der Waals surface area (Å²) < 4.78 is 0. The molecular weight excluding hydrogens is 264 g/mol. The normalized spacial score (nSPS) is 13.0. The number of anilines is 1. The average molecular weight is 286 g/mol. The van der Waals surface area contributed by atoms with E-state index in [9.17, 15) is 4.79 Å². The van der Waals surface area contributed by atoms with Gasteiger partial charge in [-0.05, 0) is 23.1 Å². The zero-order valence-corrected chi connectivity index (χ0v) is 12.7. The van der Waals surface area contributed by atoms with Crippen molar-refractivity contribution in [3.63, 3.8) is 0 Å². The smallest absolute Gasteiger partial charge is 0.225 e. The second-order valence-corrected chi connectivity index (χ2v) is 6.27. The summed E-state index contributed by atoms with van der Waals surface area (Å²) in [5, 5.41) is 2.87. The first-order chi connectivity index (χ1) is 9.86. The van der Waals surface area contributed by atoms with Crippen molar-refractivity contribution in [2.24, 2.45) is 11.1 Å². The number of aromatic amines is 1. The lowest BCUT2D eigenvalue weighted by atomic mass is 9.85. The quantitative estimate of drug-likeness (QED) is 0.808. The number of imidazole rings is 1. The van der Waals surface area contributed by atoms with Gasteiger partial charge in [-0.15, -0.1) is 0 Å². The van der Waals surface area contributed by atoms with Crippen molar-refractivity contribution >= 4 is 11.6 Å². The minimum absolute atomic E-state index is 0.0632. The van der Waals surface area contributed by atoms with Gasteiger partial charge in [-0.1, -0.05) is 32.9 Å². The van der Waals surface area contributed by atoms with Gasteiger partial charge < -0.3 is 16.0 Å². The van der Waals surface area contributed by atoms with Crippen molar-refractivity contribution in [1.29, 1.82) is 0 Å². The Kier molecular flexibility index (Phi) is 4.43. The van der Waals surface area contributed by atoms with Crippen LogP contribution >= 0.6 is 0 Å². The highest BCUT2D eigenvalue weighted by molar-refractivity contribution is 5.91. The van der Waals surface area contributed by atoms with E-state index in [1.54, 1.807) is 12.5 Å². The number of nitrogens with two attached hydrogens (primary N) is 1. The van der Waals surface area contributed by atoms with Crippen molar-refractivity contribution in [1.82, 2.24) is 9.97 Å². The van der Waals surface area contributed by atoms with Gasteiger partial charge in [0.25, 0.3) is 0 Å². The van der Waals surface area contributed by atoms with Crippen LogP contribution in [0.4, 0.5) is 5.69 Å². The number of benzene rings is 1. The van der Waals surface area contributed by atoms with Crippen molar-refractivity contribution in [3.05, 3.63) is 36.8 Å². The van der Waals surface area contributed by atoms with Crippen LogP contribution in [0.15, 0.2) is 36.8 Å². The molecule has 0 aliphatic rings. The van der Waals surface area contributed by atoms with Gasteiger partial charge >= 0.3 is 0 Å². The predicted molar refractivity (Wildman–Crippen MR) is 84.7 cm³/mol. The number of nitrogens with zero attached hydrogens (tertiary/aromatic N) is 1. The molecule has 0 saturated carbocycles. The van der Waals surface area contributed by atoms with Crippen molar-refractivity contribution < 1.29 is 4.79 Å². The van der Waals surface area contributed by atoms with Crippen LogP contribution in [0.5, 0.6) is 0 Å². The Balaban J connectivity index is 1.96. The first kappa shape index (κ1) is 15.3. The molecule has 0 saturated heterocycles. The average Bonchev–Trinajstić information content (AvgIpc) is 2.92. The van der Waals surface area contributed by atoms with Crippen LogP contribution < -0.4 is 11.1 Å². The fourth-order valence-corrected chi connectivity index (χ4v) is 1.86. The summed E-state index contributed by atoms with van der Waals surface area (Å²) in [5.74, 6) is -0.0632. The molecule has 1 aromatic heterocycles. The Morgan fingerprint density at radius 3 is 2.52 bits per heavy atom. The summed E-state index contributed by atoms with van der Waals surface area (Å²) in [5.41, 5.74) is 8.68. The van der Waals surface area contributed by atoms with E-state index in [4.69, 9.17) is 5.73 Å². The van der Waals surface area contributed by atoms with Crippen LogP contribution in [0.3, 0.4) is 0 Å². The Bertz CT molecular complexity index is 582. The second kappa shape index (κ2) is 6.10. The van der Waals surface area contributed by atoms with E-state index in [1.807, 2.05) is 45.0 Å². The Morgan fingerprint density at radius 2 is 2.00 bits per heavy atom. The van der Waals surface area contributed by atoms with Gasteiger partial charge in [0.1, 0.15) is 0 Å². The number of hydrogen-bond donors (Lipinski definition) is 3. The van der Waals surface area contributed by atoms with E-state index < -0.39 is 0 Å². The van der Waals surface area contributed by atoms with Crippen LogP contribution in [0.25, 0.3) is 11.3 Å². The van der Waals surface area contributed by atoms with Crippen molar-refractivity contribution in [2.75, 3.05) is 5.32 Å². The van der Waals surface area contributed by atoms with E-state index in [2.05, 4.69) is 15.3 Å². The number of H-pyrrole nitrogens is 1. The fraction of sp³-hybridized carbons (Fsp3) is 0.375. The number of rotatable bonds is 4. The van der Waals surface area contributed by atoms with Crippen molar-refractivity contribution in [2.45, 2.75) is 33.2 Å². The van der Waals surface area contributed by atoms with Crippen LogP contribution in [-0.2, 0) is 4.79 Å². The molecular formula is C16H22N4O. The summed E-state index contributed by atoms with van der Waals surface area (Å²) in [6, 6.07) is 7.45. The predicted octanol–water partition coefficient (Wildman–Crippen LogP) is 2.78. The lowest BCUT2D eigenvalue weighted by molar-refractivity contribution is -0.117. The highest BCUT2D eigenvalue weighted by Crippen LogP contribution is 2.21. The number of amides is 1. The number of hydrogen-bond acceptors (Lipinski definition) is 3. The first-order valence-corrected chi connectivity index (χ1v) is 7.00. The summed E-state index contributed by atoms with van der Waals surface area (Å²) >= 11 is 0. The van der Waals surface area contributed by atoms with Crippen LogP contribution in [0.1, 0.15) is 27.2 Å². The number of nitrogens with one attached hydrogen (secondary N) is 2. The lowest BCUT2D eigenvalue weighted by Crippen LogP contribution is -2.38. The summed E-state index contributed by atoms with van der Waals surface area (Å²) in [7, 11) is 0. The standard InChI is InChI=1S/C16H22N4O/c1-16(2,3)14(17)8-15(21)20-12-6-4-11(5-7-12)13-9-18-10-19-13/h4-7,9-10,14H,8,17H2,1-3H3,(H,18,19)(H,20,21). The molecule has 5 nitrogen and oxygen atoms in total. The third-order valence-corrected chi connectivity index (χ3v) is 3.50. The maximum Gasteiger partial charge on any atom is 0.225 e. The van der Waals surface area contributed by atoms with Gasteiger partial charge in [0.2, 0.25) is 5.91 Å². The van der Waals surface area contributed by atoms with Gasteiger partial charge in [0, 0.05) is 18.2 Å². The van der Waals surface area contributed by atoms with Crippen LogP contribution in [-0.4, -0.2) is 21.9 Å². The largest absolute Gasteiger partial charge is 0.345 e. The lowest BCUT2D eigenvalue weighted by Gasteiger charge is -2.26. The fourth-order valence-electron chi connectivity index (χ4n) is 1.86. The van der Waals surface area contributed by atoms with Crippen molar-refractivity contribution in [3.8, 4) is 11.3 Å². The molecule has 112 valence electrons. The minimum atomic E-state index is -0.165. The highest BCUT2D eigenvalue weighted by atomic mass is 16.1. The maximum atomic E-state index is 12.0. The van der Waals surface area contributed by atoms with E-state index >= 15 is 0 Å². The molecule has 0 aliphatic heterocycles. The van der Waals surface area contributed by atoms with Gasteiger partial charge in [0.05, 0.1) is 18.2 Å². The van der Waals surface area contributed by atoms with E-state index in [0.717, 1.165) is 16.9 Å². The zero-order chi connectivity index (χ0) is 15.5.